The summed E-state index contributed by atoms with van der Waals surface area (Å²) in [6.07, 6.45) is 1.37. The Morgan fingerprint density at radius 3 is 2.43 bits per heavy atom. The Hall–Kier alpha value is 0.640. The van der Waals surface area contributed by atoms with Gasteiger partial charge in [0.1, 0.15) is 0 Å². The van der Waals surface area contributed by atoms with E-state index >= 15 is 0 Å². The van der Waals surface area contributed by atoms with Gasteiger partial charge in [-0.05, 0) is 12.8 Å². The van der Waals surface area contributed by atoms with Crippen LogP contribution in [0.2, 0.25) is 0 Å². The Kier molecular flexibility index (Phi) is 10.8. The summed E-state index contributed by atoms with van der Waals surface area (Å²) in [6.45, 7) is 2.13. The van der Waals surface area contributed by atoms with Crippen molar-refractivity contribution in [2.45, 2.75) is 26.2 Å². The van der Waals surface area contributed by atoms with E-state index in [1.54, 1.807) is 0 Å². The normalized spacial score (nSPS) is 10.4. The number of hydrogen-bond acceptors (Lipinski definition) is 4. The molecule has 0 aliphatic carbocycles. The van der Waals surface area contributed by atoms with Crippen molar-refractivity contribution in [3.63, 3.8) is 0 Å². The maximum atomic E-state index is 10.8. The standard InChI is InChI=1S/C7H15NO4S.Ca/c1-2-4-7(9)8-5-3-6-13(10,11)12;/h2-6H2,1H3,(H,8,9)(H,10,11,12);/q;+2/p-1. The Bertz CT molecular complexity index is 252. The zero-order valence-electron chi connectivity index (χ0n) is 8.28. The Morgan fingerprint density at radius 2 is 2.00 bits per heavy atom. The van der Waals surface area contributed by atoms with E-state index in [9.17, 15) is 17.8 Å². The van der Waals surface area contributed by atoms with Gasteiger partial charge in [-0.25, -0.2) is 8.42 Å². The van der Waals surface area contributed by atoms with Gasteiger partial charge in [0.15, 0.2) is 0 Å². The molecular weight excluding hydrogens is 234 g/mol. The first-order valence-corrected chi connectivity index (χ1v) is 5.73. The predicted octanol–water partition coefficient (Wildman–Crippen LogP) is -0.543. The second-order valence-corrected chi connectivity index (χ2v) is 4.24. The zero-order valence-corrected chi connectivity index (χ0v) is 11.3. The molecule has 0 radical (unpaired) electrons. The zero-order chi connectivity index (χ0) is 10.3. The van der Waals surface area contributed by atoms with E-state index in [0.717, 1.165) is 6.42 Å². The molecule has 0 aromatic rings. The second-order valence-electron chi connectivity index (χ2n) is 2.72. The first kappa shape index (κ1) is 17.0. The van der Waals surface area contributed by atoms with Gasteiger partial charge in [0.25, 0.3) is 0 Å². The average molecular weight is 248 g/mol. The average Bonchev–Trinajstić information content (AvgIpc) is 1.97. The van der Waals surface area contributed by atoms with Gasteiger partial charge in [-0.2, -0.15) is 0 Å². The summed E-state index contributed by atoms with van der Waals surface area (Å²) < 4.78 is 30.4. The molecule has 7 heteroatoms. The van der Waals surface area contributed by atoms with E-state index in [1.165, 1.54) is 0 Å². The summed E-state index contributed by atoms with van der Waals surface area (Å²) in [4.78, 5) is 10.8. The van der Waals surface area contributed by atoms with E-state index in [0.29, 0.717) is 6.42 Å². The summed E-state index contributed by atoms with van der Waals surface area (Å²) in [6, 6.07) is 0. The van der Waals surface area contributed by atoms with Crippen molar-refractivity contribution < 1.29 is 17.8 Å². The van der Waals surface area contributed by atoms with Crippen LogP contribution >= 0.6 is 0 Å². The quantitative estimate of drug-likeness (QED) is 0.388. The van der Waals surface area contributed by atoms with Crippen LogP contribution in [0.5, 0.6) is 0 Å². The molecule has 0 spiro atoms. The van der Waals surface area contributed by atoms with Crippen molar-refractivity contribution in [2.75, 3.05) is 12.3 Å². The molecule has 0 saturated heterocycles. The molecule has 1 N–H and O–H groups in total. The van der Waals surface area contributed by atoms with Gasteiger partial charge in [-0.3, -0.25) is 4.79 Å². The van der Waals surface area contributed by atoms with Crippen LogP contribution in [0.1, 0.15) is 26.2 Å². The minimum absolute atomic E-state index is 0. The molecule has 0 unspecified atom stereocenters. The van der Waals surface area contributed by atoms with Crippen LogP contribution in [-0.4, -0.2) is 68.9 Å². The molecule has 0 rings (SSSR count). The van der Waals surface area contributed by atoms with Crippen LogP contribution < -0.4 is 5.32 Å². The molecule has 1 amide bonds. The number of carbonyl (C=O) groups excluding carboxylic acids is 1. The largest absolute Gasteiger partial charge is 2.00 e. The molecule has 5 nitrogen and oxygen atoms in total. The van der Waals surface area contributed by atoms with E-state index in [2.05, 4.69) is 5.32 Å². The van der Waals surface area contributed by atoms with E-state index in [1.807, 2.05) is 6.92 Å². The summed E-state index contributed by atoms with van der Waals surface area (Å²) in [7, 11) is -4.14. The van der Waals surface area contributed by atoms with Crippen LogP contribution in [0.4, 0.5) is 0 Å². The maximum absolute atomic E-state index is 10.8. The molecule has 14 heavy (non-hydrogen) atoms. The van der Waals surface area contributed by atoms with Gasteiger partial charge in [0.2, 0.25) is 5.91 Å². The van der Waals surface area contributed by atoms with Crippen LogP contribution in [0.25, 0.3) is 0 Å². The SMILES string of the molecule is CCCC(=O)NCCCS(=O)(=O)[O-].[Ca+2]. The number of amides is 1. The van der Waals surface area contributed by atoms with Crippen molar-refractivity contribution in [1.82, 2.24) is 5.32 Å². The summed E-state index contributed by atoms with van der Waals surface area (Å²) in [5.74, 6) is -0.523. The number of rotatable bonds is 6. The van der Waals surface area contributed by atoms with Gasteiger partial charge >= 0.3 is 37.7 Å². The molecule has 0 aromatic carbocycles. The minimum Gasteiger partial charge on any atom is -0.748 e. The number of hydrogen-bond donors (Lipinski definition) is 1. The predicted molar refractivity (Wildman–Crippen MR) is 52.9 cm³/mol. The van der Waals surface area contributed by atoms with Crippen LogP contribution in [-0.2, 0) is 14.9 Å². The topological polar surface area (TPSA) is 86.3 Å². The molecule has 0 bridgehead atoms. The number of nitrogens with one attached hydrogen (secondary N) is 1. The van der Waals surface area contributed by atoms with Crippen molar-refractivity contribution in [3.05, 3.63) is 0 Å². The van der Waals surface area contributed by atoms with Crippen LogP contribution in [0.3, 0.4) is 0 Å². The molecule has 78 valence electrons. The van der Waals surface area contributed by atoms with Gasteiger partial charge in [0.05, 0.1) is 10.1 Å². The molecule has 0 fully saturated rings. The Labute approximate surface area is 114 Å². The molecule has 0 aliphatic rings. The molecule has 0 aromatic heterocycles. The fourth-order valence-electron chi connectivity index (χ4n) is 0.792. The van der Waals surface area contributed by atoms with Gasteiger partial charge in [-0.1, -0.05) is 6.92 Å². The summed E-state index contributed by atoms with van der Waals surface area (Å²) in [5, 5.41) is 2.51. The number of carbonyl (C=O) groups is 1. The van der Waals surface area contributed by atoms with Crippen molar-refractivity contribution in [3.8, 4) is 0 Å². The Balaban J connectivity index is 0. The van der Waals surface area contributed by atoms with Crippen molar-refractivity contribution in [1.29, 1.82) is 0 Å². The Morgan fingerprint density at radius 1 is 1.43 bits per heavy atom. The first-order chi connectivity index (χ1) is 5.95. The van der Waals surface area contributed by atoms with E-state index in [4.69, 9.17) is 0 Å². The molecule has 0 atom stereocenters. The minimum atomic E-state index is -4.14. The van der Waals surface area contributed by atoms with E-state index < -0.39 is 15.9 Å². The smallest absolute Gasteiger partial charge is 0.748 e. The van der Waals surface area contributed by atoms with Gasteiger partial charge in [0, 0.05) is 18.7 Å². The maximum Gasteiger partial charge on any atom is 2.00 e. The summed E-state index contributed by atoms with van der Waals surface area (Å²) >= 11 is 0. The van der Waals surface area contributed by atoms with Gasteiger partial charge < -0.3 is 9.87 Å². The molecular formula is C7H14CaNO4S+. The summed E-state index contributed by atoms with van der Waals surface area (Å²) in [5.41, 5.74) is 0. The molecule has 0 aliphatic heterocycles. The van der Waals surface area contributed by atoms with Crippen LogP contribution in [0.15, 0.2) is 0 Å². The van der Waals surface area contributed by atoms with Crippen molar-refractivity contribution in [2.24, 2.45) is 0 Å². The second kappa shape index (κ2) is 8.91. The monoisotopic (exact) mass is 248 g/mol. The third-order valence-electron chi connectivity index (χ3n) is 1.37. The van der Waals surface area contributed by atoms with Crippen LogP contribution in [0, 0.1) is 0 Å². The third kappa shape index (κ3) is 12.6. The molecule has 0 saturated carbocycles. The fraction of sp³-hybridized carbons (Fsp3) is 0.857. The first-order valence-electron chi connectivity index (χ1n) is 4.16. The third-order valence-corrected chi connectivity index (χ3v) is 2.16. The fourth-order valence-corrected chi connectivity index (χ4v) is 1.29. The van der Waals surface area contributed by atoms with Gasteiger partial charge in [-0.15, -0.1) is 0 Å². The van der Waals surface area contributed by atoms with E-state index in [-0.39, 0.29) is 56.6 Å². The molecule has 0 heterocycles. The van der Waals surface area contributed by atoms with Crippen molar-refractivity contribution >= 4 is 53.8 Å².